The van der Waals surface area contributed by atoms with E-state index in [0.717, 1.165) is 4.47 Å². The maximum Gasteiger partial charge on any atom is 0.0976 e. The standard InChI is InChI=1S/C14H22BrNOS2/c1-14(2,3)19(17)16-13(10-6-4-5-7-10)12-8-11(15)9-18-12/h8-10,13,16H,4-7H2,1-3H3/t13-,19-/m0/s1. The lowest BCUT2D eigenvalue weighted by Gasteiger charge is -2.27. The zero-order chi connectivity index (χ0) is 14.0. The molecule has 0 radical (unpaired) electrons. The summed E-state index contributed by atoms with van der Waals surface area (Å²) < 4.78 is 16.7. The van der Waals surface area contributed by atoms with Crippen molar-refractivity contribution < 1.29 is 4.21 Å². The van der Waals surface area contributed by atoms with Crippen LogP contribution in [0.3, 0.4) is 0 Å². The summed E-state index contributed by atoms with van der Waals surface area (Å²) in [5.41, 5.74) is 0. The van der Waals surface area contributed by atoms with Crippen LogP contribution < -0.4 is 4.72 Å². The van der Waals surface area contributed by atoms with E-state index in [0.29, 0.717) is 5.92 Å². The lowest BCUT2D eigenvalue weighted by Crippen LogP contribution is -2.37. The summed E-state index contributed by atoms with van der Waals surface area (Å²) in [5, 5.41) is 2.11. The van der Waals surface area contributed by atoms with Gasteiger partial charge in [0.25, 0.3) is 0 Å². The van der Waals surface area contributed by atoms with Gasteiger partial charge in [-0.3, -0.25) is 0 Å². The second-order valence-electron chi connectivity index (χ2n) is 6.19. The van der Waals surface area contributed by atoms with Crippen molar-refractivity contribution in [2.45, 2.75) is 57.2 Å². The minimum absolute atomic E-state index is 0.217. The fraction of sp³-hybridized carbons (Fsp3) is 0.714. The van der Waals surface area contributed by atoms with Gasteiger partial charge in [0.05, 0.1) is 21.8 Å². The fourth-order valence-corrected chi connectivity index (χ4v) is 5.03. The van der Waals surface area contributed by atoms with Crippen molar-refractivity contribution in [3.05, 3.63) is 20.8 Å². The zero-order valence-electron chi connectivity index (χ0n) is 11.7. The number of hydrogen-bond acceptors (Lipinski definition) is 2. The van der Waals surface area contributed by atoms with Gasteiger partial charge in [0, 0.05) is 14.7 Å². The van der Waals surface area contributed by atoms with E-state index in [1.165, 1.54) is 30.6 Å². The van der Waals surface area contributed by atoms with Gasteiger partial charge in [-0.15, -0.1) is 11.3 Å². The molecule has 0 spiro atoms. The number of hydrogen-bond donors (Lipinski definition) is 1. The van der Waals surface area contributed by atoms with Crippen molar-refractivity contribution in [2.24, 2.45) is 5.92 Å². The molecule has 2 rings (SSSR count). The SMILES string of the molecule is CC(C)(C)[S@](=O)N[C@H](c1cc(Br)cs1)C1CCCC1. The van der Waals surface area contributed by atoms with Crippen LogP contribution in [0.25, 0.3) is 0 Å². The van der Waals surface area contributed by atoms with Gasteiger partial charge < -0.3 is 0 Å². The maximum absolute atomic E-state index is 12.4. The molecule has 0 saturated heterocycles. The first-order chi connectivity index (χ1) is 8.88. The van der Waals surface area contributed by atoms with Crippen molar-refractivity contribution in [2.75, 3.05) is 0 Å². The molecule has 0 amide bonds. The monoisotopic (exact) mass is 363 g/mol. The number of nitrogens with one attached hydrogen (secondary N) is 1. The molecule has 1 aromatic rings. The molecule has 1 aliphatic rings. The Labute approximate surface area is 131 Å². The molecule has 108 valence electrons. The van der Waals surface area contributed by atoms with Gasteiger partial charge in [-0.25, -0.2) is 8.93 Å². The summed E-state index contributed by atoms with van der Waals surface area (Å²) in [6, 6.07) is 2.40. The van der Waals surface area contributed by atoms with E-state index in [2.05, 4.69) is 32.1 Å². The third kappa shape index (κ3) is 4.13. The molecule has 2 nitrogen and oxygen atoms in total. The molecule has 1 N–H and O–H groups in total. The number of halogens is 1. The highest BCUT2D eigenvalue weighted by Crippen LogP contribution is 2.39. The summed E-state index contributed by atoms with van der Waals surface area (Å²) in [5.74, 6) is 0.622. The average molecular weight is 364 g/mol. The highest BCUT2D eigenvalue weighted by Gasteiger charge is 2.31. The maximum atomic E-state index is 12.4. The van der Waals surface area contributed by atoms with E-state index in [1.54, 1.807) is 11.3 Å². The third-order valence-electron chi connectivity index (χ3n) is 3.56. The summed E-state index contributed by atoms with van der Waals surface area (Å²) >= 11 is 5.27. The molecule has 1 fully saturated rings. The van der Waals surface area contributed by atoms with E-state index in [9.17, 15) is 4.21 Å². The van der Waals surface area contributed by atoms with Gasteiger partial charge >= 0.3 is 0 Å². The molecular weight excluding hydrogens is 342 g/mol. The second kappa shape index (κ2) is 6.37. The molecule has 1 heterocycles. The van der Waals surface area contributed by atoms with Gasteiger partial charge in [-0.1, -0.05) is 12.8 Å². The van der Waals surface area contributed by atoms with Crippen LogP contribution in [0.1, 0.15) is 57.4 Å². The topological polar surface area (TPSA) is 29.1 Å². The Bertz CT molecular complexity index is 447. The molecule has 19 heavy (non-hydrogen) atoms. The summed E-state index contributed by atoms with van der Waals surface area (Å²) in [7, 11) is -1.01. The van der Waals surface area contributed by atoms with Crippen LogP contribution in [0.2, 0.25) is 0 Å². The van der Waals surface area contributed by atoms with Crippen molar-refractivity contribution in [1.29, 1.82) is 0 Å². The Hall–Kier alpha value is 0.290. The number of thiophene rings is 1. The molecule has 2 atom stereocenters. The second-order valence-corrected chi connectivity index (χ2v) is 10.0. The fourth-order valence-electron chi connectivity index (χ4n) is 2.46. The normalized spacial score (nSPS) is 20.6. The first-order valence-corrected chi connectivity index (χ1v) is 9.62. The predicted molar refractivity (Wildman–Crippen MR) is 87.7 cm³/mol. The smallest absolute Gasteiger partial charge is 0.0976 e. The summed E-state index contributed by atoms with van der Waals surface area (Å²) in [6.45, 7) is 6.06. The molecule has 0 bridgehead atoms. The van der Waals surface area contributed by atoms with Crippen LogP contribution in [0, 0.1) is 5.92 Å². The minimum atomic E-state index is -1.01. The van der Waals surface area contributed by atoms with Gasteiger partial charge in [-0.05, 0) is 61.5 Å². The van der Waals surface area contributed by atoms with Crippen molar-refractivity contribution in [1.82, 2.24) is 4.72 Å². The first kappa shape index (κ1) is 15.7. The lowest BCUT2D eigenvalue weighted by atomic mass is 9.98. The molecular formula is C14H22BrNOS2. The van der Waals surface area contributed by atoms with E-state index >= 15 is 0 Å². The molecule has 0 unspecified atom stereocenters. The summed E-state index contributed by atoms with van der Waals surface area (Å²) in [4.78, 5) is 1.30. The molecule has 1 saturated carbocycles. The quantitative estimate of drug-likeness (QED) is 0.817. The van der Waals surface area contributed by atoms with Crippen LogP contribution in [-0.2, 0) is 11.0 Å². The zero-order valence-corrected chi connectivity index (χ0v) is 15.0. The van der Waals surface area contributed by atoms with Crippen molar-refractivity contribution in [3.8, 4) is 0 Å². The third-order valence-corrected chi connectivity index (χ3v) is 6.91. The highest BCUT2D eigenvalue weighted by molar-refractivity contribution is 9.10. The minimum Gasteiger partial charge on any atom is -0.242 e. The van der Waals surface area contributed by atoms with Gasteiger partial charge in [0.15, 0.2) is 0 Å². The van der Waals surface area contributed by atoms with Gasteiger partial charge in [0.1, 0.15) is 0 Å². The van der Waals surface area contributed by atoms with E-state index in [-0.39, 0.29) is 10.8 Å². The van der Waals surface area contributed by atoms with Crippen molar-refractivity contribution in [3.63, 3.8) is 0 Å². The van der Waals surface area contributed by atoms with E-state index in [4.69, 9.17) is 0 Å². The highest BCUT2D eigenvalue weighted by atomic mass is 79.9. The van der Waals surface area contributed by atoms with Crippen molar-refractivity contribution >= 4 is 38.3 Å². The Kier molecular flexibility index (Phi) is 5.26. The van der Waals surface area contributed by atoms with Gasteiger partial charge in [-0.2, -0.15) is 0 Å². The average Bonchev–Trinajstić information content (AvgIpc) is 2.95. The van der Waals surface area contributed by atoms with Crippen LogP contribution >= 0.6 is 27.3 Å². The Morgan fingerprint density at radius 2 is 2.05 bits per heavy atom. The molecule has 5 heteroatoms. The van der Waals surface area contributed by atoms with Crippen LogP contribution in [0.15, 0.2) is 15.9 Å². The Balaban J connectivity index is 2.17. The van der Waals surface area contributed by atoms with Crippen LogP contribution in [0.5, 0.6) is 0 Å². The lowest BCUT2D eigenvalue weighted by molar-refractivity contribution is 0.421. The van der Waals surface area contributed by atoms with Crippen LogP contribution in [0.4, 0.5) is 0 Å². The molecule has 1 aliphatic carbocycles. The molecule has 0 aliphatic heterocycles. The molecule has 0 aromatic carbocycles. The Morgan fingerprint density at radius 3 is 2.53 bits per heavy atom. The van der Waals surface area contributed by atoms with E-state index < -0.39 is 11.0 Å². The predicted octanol–water partition coefficient (Wildman–Crippen LogP) is 4.79. The van der Waals surface area contributed by atoms with Crippen LogP contribution in [-0.4, -0.2) is 8.96 Å². The Morgan fingerprint density at radius 1 is 1.42 bits per heavy atom. The first-order valence-electron chi connectivity index (χ1n) is 6.80. The van der Waals surface area contributed by atoms with Gasteiger partial charge in [0.2, 0.25) is 0 Å². The number of rotatable bonds is 4. The summed E-state index contributed by atoms with van der Waals surface area (Å²) in [6.07, 6.45) is 5.10. The van der Waals surface area contributed by atoms with E-state index in [1.807, 2.05) is 20.8 Å². The molecule has 1 aromatic heterocycles. The largest absolute Gasteiger partial charge is 0.242 e.